The molecule has 0 aliphatic carbocycles. The molecule has 0 aromatic heterocycles. The SMILES string of the molecule is COc1ccc(-c2ccc(S(=O)(=O)c3ccccc3C(=O)O)cc2)cc1. The van der Waals surface area contributed by atoms with Crippen molar-refractivity contribution < 1.29 is 23.1 Å². The second-order valence-electron chi connectivity index (χ2n) is 5.56. The van der Waals surface area contributed by atoms with Crippen LogP contribution in [-0.2, 0) is 9.84 Å². The quantitative estimate of drug-likeness (QED) is 0.739. The normalized spacial score (nSPS) is 11.1. The lowest BCUT2D eigenvalue weighted by Crippen LogP contribution is -2.09. The zero-order chi connectivity index (χ0) is 18.7. The van der Waals surface area contributed by atoms with E-state index >= 15 is 0 Å². The number of methoxy groups -OCH3 is 1. The number of ether oxygens (including phenoxy) is 1. The highest BCUT2D eigenvalue weighted by Gasteiger charge is 2.23. The highest BCUT2D eigenvalue weighted by Crippen LogP contribution is 2.27. The van der Waals surface area contributed by atoms with Gasteiger partial charge in [-0.1, -0.05) is 36.4 Å². The van der Waals surface area contributed by atoms with Crippen LogP contribution >= 0.6 is 0 Å². The molecule has 0 fully saturated rings. The standard InChI is InChI=1S/C20H16O5S/c1-25-16-10-6-14(7-11-16)15-8-12-17(13-9-15)26(23,24)19-5-3-2-4-18(19)20(21)22/h2-13H,1H3,(H,21,22). The predicted molar refractivity (Wildman–Crippen MR) is 97.3 cm³/mol. The Labute approximate surface area is 151 Å². The molecule has 0 spiro atoms. The average Bonchev–Trinajstić information content (AvgIpc) is 2.68. The number of carbonyl (C=O) groups is 1. The summed E-state index contributed by atoms with van der Waals surface area (Å²) in [5.41, 5.74) is 1.52. The van der Waals surface area contributed by atoms with Crippen molar-refractivity contribution in [3.8, 4) is 16.9 Å². The first-order valence-electron chi connectivity index (χ1n) is 7.75. The molecular formula is C20H16O5S. The van der Waals surface area contributed by atoms with Crippen LogP contribution in [-0.4, -0.2) is 26.6 Å². The van der Waals surface area contributed by atoms with E-state index in [1.807, 2.05) is 24.3 Å². The van der Waals surface area contributed by atoms with Crippen LogP contribution in [0.25, 0.3) is 11.1 Å². The molecule has 3 aromatic rings. The van der Waals surface area contributed by atoms with E-state index in [1.165, 1.54) is 36.4 Å². The van der Waals surface area contributed by atoms with Crippen molar-refractivity contribution in [2.75, 3.05) is 7.11 Å². The second-order valence-corrected chi connectivity index (χ2v) is 7.48. The molecule has 0 atom stereocenters. The number of aromatic carboxylic acids is 1. The molecule has 0 aliphatic rings. The minimum atomic E-state index is -3.93. The molecule has 0 radical (unpaired) electrons. The molecule has 5 nitrogen and oxygen atoms in total. The number of sulfone groups is 1. The topological polar surface area (TPSA) is 80.7 Å². The largest absolute Gasteiger partial charge is 0.497 e. The highest BCUT2D eigenvalue weighted by atomic mass is 32.2. The second kappa shape index (κ2) is 7.01. The van der Waals surface area contributed by atoms with Crippen LogP contribution in [0.4, 0.5) is 0 Å². The lowest BCUT2D eigenvalue weighted by Gasteiger charge is -2.09. The molecule has 3 rings (SSSR count). The predicted octanol–water partition coefficient (Wildman–Crippen LogP) is 3.89. The van der Waals surface area contributed by atoms with Gasteiger partial charge in [-0.25, -0.2) is 13.2 Å². The average molecular weight is 368 g/mol. The molecule has 0 aliphatic heterocycles. The summed E-state index contributed by atoms with van der Waals surface area (Å²) >= 11 is 0. The summed E-state index contributed by atoms with van der Waals surface area (Å²) in [4.78, 5) is 11.1. The fourth-order valence-corrected chi connectivity index (χ4v) is 4.07. The van der Waals surface area contributed by atoms with E-state index in [1.54, 1.807) is 19.2 Å². The van der Waals surface area contributed by atoms with Gasteiger partial charge in [0.05, 0.1) is 22.5 Å². The zero-order valence-corrected chi connectivity index (χ0v) is 14.7. The monoisotopic (exact) mass is 368 g/mol. The van der Waals surface area contributed by atoms with Gasteiger partial charge in [0, 0.05) is 0 Å². The molecule has 0 heterocycles. The van der Waals surface area contributed by atoms with E-state index in [4.69, 9.17) is 4.74 Å². The van der Waals surface area contributed by atoms with E-state index < -0.39 is 15.8 Å². The van der Waals surface area contributed by atoms with Crippen LogP contribution in [0.15, 0.2) is 82.6 Å². The summed E-state index contributed by atoms with van der Waals surface area (Å²) < 4.78 is 30.7. The third-order valence-electron chi connectivity index (χ3n) is 3.99. The molecule has 26 heavy (non-hydrogen) atoms. The Morgan fingerprint density at radius 3 is 1.92 bits per heavy atom. The first-order chi connectivity index (χ1) is 12.4. The molecule has 0 amide bonds. The number of carboxylic acid groups (broad SMARTS) is 1. The molecule has 132 valence electrons. The summed E-state index contributed by atoms with van der Waals surface area (Å²) in [5.74, 6) is -0.544. The van der Waals surface area contributed by atoms with Crippen LogP contribution < -0.4 is 4.74 Å². The zero-order valence-electron chi connectivity index (χ0n) is 13.9. The molecule has 0 unspecified atom stereocenters. The maximum Gasteiger partial charge on any atom is 0.337 e. The van der Waals surface area contributed by atoms with Crippen molar-refractivity contribution in [2.45, 2.75) is 9.79 Å². The fourth-order valence-electron chi connectivity index (χ4n) is 2.61. The molecule has 6 heteroatoms. The minimum Gasteiger partial charge on any atom is -0.497 e. The van der Waals surface area contributed by atoms with E-state index in [0.717, 1.165) is 16.9 Å². The van der Waals surface area contributed by atoms with Crippen molar-refractivity contribution >= 4 is 15.8 Å². The summed E-state index contributed by atoms with van der Waals surface area (Å²) in [5, 5.41) is 9.24. The van der Waals surface area contributed by atoms with Crippen LogP contribution in [0.2, 0.25) is 0 Å². The van der Waals surface area contributed by atoms with E-state index in [-0.39, 0.29) is 15.4 Å². The first-order valence-corrected chi connectivity index (χ1v) is 9.23. The van der Waals surface area contributed by atoms with Gasteiger partial charge in [-0.05, 0) is 47.5 Å². The van der Waals surface area contributed by atoms with Gasteiger partial charge in [-0.3, -0.25) is 0 Å². The van der Waals surface area contributed by atoms with Crippen LogP contribution in [0.1, 0.15) is 10.4 Å². The lowest BCUT2D eigenvalue weighted by molar-refractivity contribution is 0.0692. The Kier molecular flexibility index (Phi) is 4.77. The van der Waals surface area contributed by atoms with Gasteiger partial charge >= 0.3 is 5.97 Å². The molecule has 0 saturated heterocycles. The Hall–Kier alpha value is -3.12. The highest BCUT2D eigenvalue weighted by molar-refractivity contribution is 7.91. The summed E-state index contributed by atoms with van der Waals surface area (Å²) in [6, 6.07) is 19.3. The number of rotatable bonds is 5. The number of hydrogen-bond acceptors (Lipinski definition) is 4. The van der Waals surface area contributed by atoms with Crippen LogP contribution in [0.5, 0.6) is 5.75 Å². The Balaban J connectivity index is 1.98. The van der Waals surface area contributed by atoms with Crippen LogP contribution in [0, 0.1) is 0 Å². The first kappa shape index (κ1) is 17.7. The van der Waals surface area contributed by atoms with E-state index in [9.17, 15) is 18.3 Å². The van der Waals surface area contributed by atoms with Gasteiger partial charge in [0.1, 0.15) is 5.75 Å². The molecule has 1 N–H and O–H groups in total. The molecule has 0 bridgehead atoms. The van der Waals surface area contributed by atoms with Gasteiger partial charge in [0.2, 0.25) is 9.84 Å². The van der Waals surface area contributed by atoms with Gasteiger partial charge in [-0.2, -0.15) is 0 Å². The number of benzene rings is 3. The summed E-state index contributed by atoms with van der Waals surface area (Å²) in [6.45, 7) is 0. The van der Waals surface area contributed by atoms with E-state index in [0.29, 0.717) is 0 Å². The fraction of sp³-hybridized carbons (Fsp3) is 0.0500. The van der Waals surface area contributed by atoms with Gasteiger partial charge in [0.25, 0.3) is 0 Å². The van der Waals surface area contributed by atoms with Gasteiger partial charge < -0.3 is 9.84 Å². The van der Waals surface area contributed by atoms with Gasteiger partial charge in [-0.15, -0.1) is 0 Å². The Morgan fingerprint density at radius 1 is 0.846 bits per heavy atom. The van der Waals surface area contributed by atoms with Crippen molar-refractivity contribution in [3.63, 3.8) is 0 Å². The summed E-state index contributed by atoms with van der Waals surface area (Å²) in [6.07, 6.45) is 0. The summed E-state index contributed by atoms with van der Waals surface area (Å²) in [7, 11) is -2.34. The number of hydrogen-bond donors (Lipinski definition) is 1. The van der Waals surface area contributed by atoms with Crippen molar-refractivity contribution in [1.29, 1.82) is 0 Å². The van der Waals surface area contributed by atoms with Crippen molar-refractivity contribution in [1.82, 2.24) is 0 Å². The third kappa shape index (κ3) is 3.32. The Bertz CT molecular complexity index is 1040. The van der Waals surface area contributed by atoms with E-state index in [2.05, 4.69) is 0 Å². The van der Waals surface area contributed by atoms with Crippen molar-refractivity contribution in [2.24, 2.45) is 0 Å². The number of carboxylic acids is 1. The van der Waals surface area contributed by atoms with Gasteiger partial charge in [0.15, 0.2) is 0 Å². The van der Waals surface area contributed by atoms with Crippen molar-refractivity contribution in [3.05, 3.63) is 78.4 Å². The van der Waals surface area contributed by atoms with Crippen LogP contribution in [0.3, 0.4) is 0 Å². The Morgan fingerprint density at radius 2 is 1.38 bits per heavy atom. The molecule has 3 aromatic carbocycles. The minimum absolute atomic E-state index is 0.0449. The molecule has 0 saturated carbocycles. The maximum absolute atomic E-state index is 12.8. The third-order valence-corrected chi connectivity index (χ3v) is 5.82. The smallest absolute Gasteiger partial charge is 0.337 e. The maximum atomic E-state index is 12.8. The lowest BCUT2D eigenvalue weighted by atomic mass is 10.1. The molecular weight excluding hydrogens is 352 g/mol.